The van der Waals surface area contributed by atoms with Crippen LogP contribution < -0.4 is 4.74 Å². The van der Waals surface area contributed by atoms with E-state index in [0.29, 0.717) is 0 Å². The molecule has 0 aliphatic heterocycles. The first-order chi connectivity index (χ1) is 8.02. The van der Waals surface area contributed by atoms with Crippen LogP contribution in [0, 0.1) is 23.0 Å². The molecule has 0 bridgehead atoms. The van der Waals surface area contributed by atoms with Gasteiger partial charge in [-0.25, -0.2) is 8.78 Å². The molecule has 1 aromatic rings. The van der Waals surface area contributed by atoms with Gasteiger partial charge in [0, 0.05) is 24.5 Å². The fourth-order valence-electron chi connectivity index (χ4n) is 2.02. The Balaban J connectivity index is 2.55. The Morgan fingerprint density at radius 1 is 1.35 bits per heavy atom. The third-order valence-electron chi connectivity index (χ3n) is 2.97. The van der Waals surface area contributed by atoms with Crippen molar-refractivity contribution < 1.29 is 18.3 Å². The Hall–Kier alpha value is -1.96. The number of methoxy groups -OCH3 is 1. The number of rotatable bonds is 2. The molecule has 0 heterocycles. The summed E-state index contributed by atoms with van der Waals surface area (Å²) >= 11 is 0. The Morgan fingerprint density at radius 2 is 1.94 bits per heavy atom. The van der Waals surface area contributed by atoms with Gasteiger partial charge < -0.3 is 4.74 Å². The molecule has 0 N–H and O–H groups in total. The Labute approximate surface area is 96.6 Å². The van der Waals surface area contributed by atoms with Gasteiger partial charge in [0.05, 0.1) is 18.6 Å². The molecule has 2 rings (SSSR count). The van der Waals surface area contributed by atoms with Gasteiger partial charge in [-0.05, 0) is 6.07 Å². The molecule has 1 aliphatic rings. The molecule has 1 aromatic carbocycles. The minimum atomic E-state index is -1.07. The van der Waals surface area contributed by atoms with E-state index in [2.05, 4.69) is 0 Å². The standard InChI is InChI=1S/C12H9F2NO2/c1-17-11-3-10(14)9(13)2-8(11)12(6-15)4-7(16)5-12/h2-3H,4-5H2,1H3. The van der Waals surface area contributed by atoms with E-state index in [4.69, 9.17) is 10.00 Å². The number of benzene rings is 1. The van der Waals surface area contributed by atoms with E-state index < -0.39 is 17.0 Å². The maximum Gasteiger partial charge on any atom is 0.162 e. The van der Waals surface area contributed by atoms with Gasteiger partial charge >= 0.3 is 0 Å². The third-order valence-corrected chi connectivity index (χ3v) is 2.97. The minimum Gasteiger partial charge on any atom is -0.496 e. The molecule has 1 fully saturated rings. The van der Waals surface area contributed by atoms with E-state index >= 15 is 0 Å². The molecule has 17 heavy (non-hydrogen) atoms. The zero-order chi connectivity index (χ0) is 12.6. The van der Waals surface area contributed by atoms with Gasteiger partial charge in [0.15, 0.2) is 11.6 Å². The summed E-state index contributed by atoms with van der Waals surface area (Å²) in [5.41, 5.74) is -0.835. The van der Waals surface area contributed by atoms with Crippen LogP contribution in [0.1, 0.15) is 18.4 Å². The van der Waals surface area contributed by atoms with Crippen molar-refractivity contribution in [1.82, 2.24) is 0 Å². The SMILES string of the molecule is COc1cc(F)c(F)cc1C1(C#N)CC(=O)C1. The predicted octanol–water partition coefficient (Wildman–Crippen LogP) is 2.10. The predicted molar refractivity (Wildman–Crippen MR) is 54.4 cm³/mol. The van der Waals surface area contributed by atoms with E-state index in [1.807, 2.05) is 6.07 Å². The Kier molecular flexibility index (Phi) is 2.58. The number of ether oxygens (including phenoxy) is 1. The first kappa shape index (κ1) is 11.5. The number of nitrogens with zero attached hydrogens (tertiary/aromatic N) is 1. The molecule has 5 heteroatoms. The summed E-state index contributed by atoms with van der Waals surface area (Å²) in [7, 11) is 1.31. The molecular formula is C12H9F2NO2. The van der Waals surface area contributed by atoms with Gasteiger partial charge in [-0.2, -0.15) is 5.26 Å². The summed E-state index contributed by atoms with van der Waals surface area (Å²) in [5, 5.41) is 9.11. The highest BCUT2D eigenvalue weighted by Gasteiger charge is 2.47. The maximum atomic E-state index is 13.2. The molecule has 0 spiro atoms. The number of carbonyl (C=O) groups is 1. The number of carbonyl (C=O) groups excluding carboxylic acids is 1. The maximum absolute atomic E-state index is 13.2. The van der Waals surface area contributed by atoms with Crippen molar-refractivity contribution in [3.8, 4) is 11.8 Å². The molecule has 88 valence electrons. The van der Waals surface area contributed by atoms with E-state index in [1.54, 1.807) is 0 Å². The first-order valence-electron chi connectivity index (χ1n) is 4.99. The zero-order valence-corrected chi connectivity index (χ0v) is 9.09. The van der Waals surface area contributed by atoms with Crippen molar-refractivity contribution in [2.75, 3.05) is 7.11 Å². The van der Waals surface area contributed by atoms with Crippen molar-refractivity contribution >= 4 is 5.78 Å². The van der Waals surface area contributed by atoms with E-state index in [0.717, 1.165) is 12.1 Å². The van der Waals surface area contributed by atoms with Gasteiger partial charge in [-0.1, -0.05) is 0 Å². The summed E-state index contributed by atoms with van der Waals surface area (Å²) in [6.45, 7) is 0. The molecule has 0 unspecified atom stereocenters. The highest BCUT2D eigenvalue weighted by molar-refractivity contribution is 5.90. The quantitative estimate of drug-likeness (QED) is 0.791. The molecule has 0 amide bonds. The van der Waals surface area contributed by atoms with Crippen molar-refractivity contribution in [3.63, 3.8) is 0 Å². The first-order valence-corrected chi connectivity index (χ1v) is 4.99. The number of Topliss-reactive ketones (excluding diaryl/α,β-unsaturated/α-hetero) is 1. The minimum absolute atomic E-state index is 0.0188. The number of ketones is 1. The van der Waals surface area contributed by atoms with Crippen molar-refractivity contribution in [2.45, 2.75) is 18.3 Å². The van der Waals surface area contributed by atoms with Crippen LogP contribution in [0.4, 0.5) is 8.78 Å². The average Bonchev–Trinajstić information content (AvgIpc) is 2.27. The van der Waals surface area contributed by atoms with E-state index in [-0.39, 0.29) is 29.9 Å². The smallest absolute Gasteiger partial charge is 0.162 e. The summed E-state index contributed by atoms with van der Waals surface area (Å²) < 4.78 is 31.2. The van der Waals surface area contributed by atoms with Crippen LogP contribution in [0.5, 0.6) is 5.75 Å². The highest BCUT2D eigenvalue weighted by atomic mass is 19.2. The fourth-order valence-corrected chi connectivity index (χ4v) is 2.02. The number of nitriles is 1. The molecule has 1 aliphatic carbocycles. The summed E-state index contributed by atoms with van der Waals surface area (Å²) in [6, 6.07) is 3.82. The fraction of sp³-hybridized carbons (Fsp3) is 0.333. The topological polar surface area (TPSA) is 50.1 Å². The van der Waals surface area contributed by atoms with Crippen LogP contribution in [-0.2, 0) is 10.2 Å². The molecule has 0 atom stereocenters. The van der Waals surface area contributed by atoms with Crippen LogP contribution >= 0.6 is 0 Å². The molecule has 0 radical (unpaired) electrons. The summed E-state index contributed by atoms with van der Waals surface area (Å²) in [6.07, 6.45) is 0.0376. The normalized spacial score (nSPS) is 17.2. The van der Waals surface area contributed by atoms with Gasteiger partial charge in [0.2, 0.25) is 0 Å². The average molecular weight is 237 g/mol. The van der Waals surface area contributed by atoms with Crippen LogP contribution in [-0.4, -0.2) is 12.9 Å². The van der Waals surface area contributed by atoms with E-state index in [9.17, 15) is 13.6 Å². The number of hydrogen-bond acceptors (Lipinski definition) is 3. The lowest BCUT2D eigenvalue weighted by Crippen LogP contribution is -2.40. The molecule has 3 nitrogen and oxygen atoms in total. The lowest BCUT2D eigenvalue weighted by Gasteiger charge is -2.34. The van der Waals surface area contributed by atoms with Crippen molar-refractivity contribution in [1.29, 1.82) is 5.26 Å². The Morgan fingerprint density at radius 3 is 2.41 bits per heavy atom. The van der Waals surface area contributed by atoms with Crippen LogP contribution in [0.3, 0.4) is 0 Å². The lowest BCUT2D eigenvalue weighted by atomic mass is 9.64. The second-order valence-corrected chi connectivity index (χ2v) is 4.05. The van der Waals surface area contributed by atoms with Gasteiger partial charge in [0.25, 0.3) is 0 Å². The number of halogens is 2. The van der Waals surface area contributed by atoms with Crippen molar-refractivity contribution in [2.24, 2.45) is 0 Å². The summed E-state index contributed by atoms with van der Waals surface area (Å²) in [5.74, 6) is -2.06. The third kappa shape index (κ3) is 1.66. The van der Waals surface area contributed by atoms with Crippen LogP contribution in [0.2, 0.25) is 0 Å². The van der Waals surface area contributed by atoms with Crippen molar-refractivity contribution in [3.05, 3.63) is 29.3 Å². The molecular weight excluding hydrogens is 228 g/mol. The van der Waals surface area contributed by atoms with Gasteiger partial charge in [-0.3, -0.25) is 4.79 Å². The summed E-state index contributed by atoms with van der Waals surface area (Å²) in [4.78, 5) is 11.0. The van der Waals surface area contributed by atoms with Crippen LogP contribution in [0.15, 0.2) is 12.1 Å². The zero-order valence-electron chi connectivity index (χ0n) is 9.09. The van der Waals surface area contributed by atoms with E-state index in [1.165, 1.54) is 7.11 Å². The monoisotopic (exact) mass is 237 g/mol. The van der Waals surface area contributed by atoms with Gasteiger partial charge in [0.1, 0.15) is 11.5 Å². The number of hydrogen-bond donors (Lipinski definition) is 0. The molecule has 1 saturated carbocycles. The van der Waals surface area contributed by atoms with Crippen LogP contribution in [0.25, 0.3) is 0 Å². The molecule has 0 saturated heterocycles. The molecule has 0 aromatic heterocycles. The highest BCUT2D eigenvalue weighted by Crippen LogP contribution is 2.45. The second-order valence-electron chi connectivity index (χ2n) is 4.05. The lowest BCUT2D eigenvalue weighted by molar-refractivity contribution is -0.126. The second kappa shape index (κ2) is 3.81. The Bertz CT molecular complexity index is 526. The van der Waals surface area contributed by atoms with Gasteiger partial charge in [-0.15, -0.1) is 0 Å². The largest absolute Gasteiger partial charge is 0.496 e.